The standard InChI is InChI=1S/C11H21N2/c1-13-8-5-11(9-13)10-3-2-6-12-7-4-10/h10-11H,2-9H2,1H3. The summed E-state index contributed by atoms with van der Waals surface area (Å²) in [7, 11) is 2.25. The number of hydrogen-bond acceptors (Lipinski definition) is 1. The minimum Gasteiger partial charge on any atom is -0.306 e. The maximum atomic E-state index is 4.50. The number of likely N-dealkylation sites (tertiary alicyclic amines) is 1. The normalized spacial score (nSPS) is 37.6. The van der Waals surface area contributed by atoms with Crippen molar-refractivity contribution in [1.29, 1.82) is 0 Å². The molecule has 2 unspecified atom stereocenters. The fourth-order valence-corrected chi connectivity index (χ4v) is 2.80. The molecular formula is C11H21N2. The van der Waals surface area contributed by atoms with Gasteiger partial charge in [0.15, 0.2) is 0 Å². The molecule has 0 N–H and O–H groups in total. The van der Waals surface area contributed by atoms with Crippen LogP contribution in [0.3, 0.4) is 0 Å². The molecule has 2 nitrogen and oxygen atoms in total. The van der Waals surface area contributed by atoms with Gasteiger partial charge >= 0.3 is 0 Å². The molecule has 13 heavy (non-hydrogen) atoms. The summed E-state index contributed by atoms with van der Waals surface area (Å²) in [5.74, 6) is 1.97. The first-order chi connectivity index (χ1) is 6.36. The number of hydrogen-bond donors (Lipinski definition) is 0. The highest BCUT2D eigenvalue weighted by molar-refractivity contribution is 4.81. The molecule has 2 saturated heterocycles. The Bertz CT molecular complexity index is 150. The predicted octanol–water partition coefficient (Wildman–Crippen LogP) is 1.34. The van der Waals surface area contributed by atoms with E-state index in [9.17, 15) is 0 Å². The van der Waals surface area contributed by atoms with Crippen LogP contribution in [0.25, 0.3) is 0 Å². The van der Waals surface area contributed by atoms with Crippen LogP contribution in [0.1, 0.15) is 25.7 Å². The molecule has 2 fully saturated rings. The Hall–Kier alpha value is -0.0800. The highest BCUT2D eigenvalue weighted by atomic mass is 15.1. The van der Waals surface area contributed by atoms with Gasteiger partial charge in [0, 0.05) is 19.6 Å². The summed E-state index contributed by atoms with van der Waals surface area (Å²) in [6.45, 7) is 4.91. The monoisotopic (exact) mass is 181 g/mol. The minimum absolute atomic E-state index is 0.983. The summed E-state index contributed by atoms with van der Waals surface area (Å²) >= 11 is 0. The van der Waals surface area contributed by atoms with Gasteiger partial charge in [-0.15, -0.1) is 0 Å². The smallest absolute Gasteiger partial charge is 0.0136 e. The van der Waals surface area contributed by atoms with Gasteiger partial charge in [-0.1, -0.05) is 0 Å². The van der Waals surface area contributed by atoms with Crippen molar-refractivity contribution in [2.45, 2.75) is 25.7 Å². The van der Waals surface area contributed by atoms with Gasteiger partial charge in [-0.2, -0.15) is 0 Å². The topological polar surface area (TPSA) is 17.3 Å². The van der Waals surface area contributed by atoms with Crippen LogP contribution in [0.4, 0.5) is 0 Å². The van der Waals surface area contributed by atoms with Crippen LogP contribution in [0, 0.1) is 11.8 Å². The van der Waals surface area contributed by atoms with E-state index < -0.39 is 0 Å². The molecule has 2 aliphatic rings. The maximum absolute atomic E-state index is 4.50. The third-order valence-corrected chi connectivity index (χ3v) is 3.64. The summed E-state index contributed by atoms with van der Waals surface area (Å²) in [5.41, 5.74) is 0. The van der Waals surface area contributed by atoms with Gasteiger partial charge in [0.05, 0.1) is 0 Å². The van der Waals surface area contributed by atoms with Crippen molar-refractivity contribution in [3.63, 3.8) is 0 Å². The molecule has 0 aromatic heterocycles. The molecule has 0 bridgehead atoms. The molecule has 0 amide bonds. The van der Waals surface area contributed by atoms with Crippen molar-refractivity contribution < 1.29 is 0 Å². The third-order valence-electron chi connectivity index (χ3n) is 3.64. The Balaban J connectivity index is 1.84. The van der Waals surface area contributed by atoms with Crippen LogP contribution in [0.2, 0.25) is 0 Å². The molecule has 0 saturated carbocycles. The van der Waals surface area contributed by atoms with E-state index in [0.29, 0.717) is 0 Å². The molecular weight excluding hydrogens is 160 g/mol. The van der Waals surface area contributed by atoms with E-state index in [1.54, 1.807) is 0 Å². The van der Waals surface area contributed by atoms with E-state index in [4.69, 9.17) is 0 Å². The summed E-state index contributed by atoms with van der Waals surface area (Å²) in [5, 5.41) is 4.50. The van der Waals surface area contributed by atoms with Crippen molar-refractivity contribution in [1.82, 2.24) is 10.2 Å². The molecule has 2 heterocycles. The van der Waals surface area contributed by atoms with E-state index in [2.05, 4.69) is 17.3 Å². The van der Waals surface area contributed by atoms with Crippen LogP contribution in [-0.2, 0) is 0 Å². The molecule has 2 heteroatoms. The molecule has 0 spiro atoms. The second-order valence-electron chi connectivity index (χ2n) is 4.67. The second kappa shape index (κ2) is 4.43. The first-order valence-corrected chi connectivity index (χ1v) is 5.68. The lowest BCUT2D eigenvalue weighted by molar-refractivity contribution is 0.296. The first-order valence-electron chi connectivity index (χ1n) is 5.68. The molecule has 0 aromatic carbocycles. The Morgan fingerprint density at radius 1 is 1.08 bits per heavy atom. The molecule has 2 atom stereocenters. The zero-order chi connectivity index (χ0) is 9.10. The average Bonchev–Trinajstić information content (AvgIpc) is 2.43. The predicted molar refractivity (Wildman–Crippen MR) is 54.8 cm³/mol. The molecule has 1 radical (unpaired) electrons. The fourth-order valence-electron chi connectivity index (χ4n) is 2.80. The van der Waals surface area contributed by atoms with Crippen LogP contribution in [-0.4, -0.2) is 38.1 Å². The summed E-state index contributed by atoms with van der Waals surface area (Å²) in [6.07, 6.45) is 5.56. The average molecular weight is 181 g/mol. The van der Waals surface area contributed by atoms with Crippen LogP contribution in [0.15, 0.2) is 0 Å². The zero-order valence-corrected chi connectivity index (χ0v) is 8.71. The van der Waals surface area contributed by atoms with E-state index in [0.717, 1.165) is 24.9 Å². The molecule has 0 aromatic rings. The lowest BCUT2D eigenvalue weighted by atomic mass is 9.86. The highest BCUT2D eigenvalue weighted by Crippen LogP contribution is 2.29. The van der Waals surface area contributed by atoms with E-state index in [1.165, 1.54) is 38.8 Å². The van der Waals surface area contributed by atoms with Gasteiger partial charge in [0.25, 0.3) is 0 Å². The van der Waals surface area contributed by atoms with Crippen LogP contribution < -0.4 is 5.32 Å². The van der Waals surface area contributed by atoms with Crippen molar-refractivity contribution in [3.05, 3.63) is 0 Å². The van der Waals surface area contributed by atoms with Crippen molar-refractivity contribution in [2.24, 2.45) is 11.8 Å². The third kappa shape index (κ3) is 2.44. The number of rotatable bonds is 1. The fraction of sp³-hybridized carbons (Fsp3) is 1.00. The molecule has 2 aliphatic heterocycles. The van der Waals surface area contributed by atoms with Crippen molar-refractivity contribution in [3.8, 4) is 0 Å². The van der Waals surface area contributed by atoms with Gasteiger partial charge in [0.2, 0.25) is 0 Å². The molecule has 75 valence electrons. The summed E-state index contributed by atoms with van der Waals surface area (Å²) in [6, 6.07) is 0. The first kappa shape index (κ1) is 9.47. The molecule has 0 aliphatic carbocycles. The van der Waals surface area contributed by atoms with Crippen LogP contribution >= 0.6 is 0 Å². The maximum Gasteiger partial charge on any atom is 0.0136 e. The van der Waals surface area contributed by atoms with Gasteiger partial charge < -0.3 is 4.90 Å². The Morgan fingerprint density at radius 2 is 2.00 bits per heavy atom. The Kier molecular flexibility index (Phi) is 3.23. The Labute approximate surface area is 81.7 Å². The van der Waals surface area contributed by atoms with E-state index in [-0.39, 0.29) is 0 Å². The van der Waals surface area contributed by atoms with E-state index in [1.807, 2.05) is 0 Å². The zero-order valence-electron chi connectivity index (χ0n) is 8.71. The van der Waals surface area contributed by atoms with Gasteiger partial charge in [0.1, 0.15) is 0 Å². The van der Waals surface area contributed by atoms with Gasteiger partial charge in [-0.25, -0.2) is 5.32 Å². The SMILES string of the molecule is CN1CCC(C2CCC[N]CC2)C1. The van der Waals surface area contributed by atoms with Crippen LogP contribution in [0.5, 0.6) is 0 Å². The number of nitrogens with zero attached hydrogens (tertiary/aromatic N) is 2. The lowest BCUT2D eigenvalue weighted by Crippen LogP contribution is -2.20. The largest absolute Gasteiger partial charge is 0.306 e. The lowest BCUT2D eigenvalue weighted by Gasteiger charge is -2.21. The quantitative estimate of drug-likeness (QED) is 0.597. The van der Waals surface area contributed by atoms with E-state index >= 15 is 0 Å². The van der Waals surface area contributed by atoms with Crippen molar-refractivity contribution in [2.75, 3.05) is 33.2 Å². The second-order valence-corrected chi connectivity index (χ2v) is 4.67. The summed E-state index contributed by atoms with van der Waals surface area (Å²) in [4.78, 5) is 2.48. The molecule has 2 rings (SSSR count). The summed E-state index contributed by atoms with van der Waals surface area (Å²) < 4.78 is 0. The van der Waals surface area contributed by atoms with Gasteiger partial charge in [-0.05, 0) is 51.1 Å². The minimum atomic E-state index is 0.983. The van der Waals surface area contributed by atoms with Crippen molar-refractivity contribution >= 4 is 0 Å². The van der Waals surface area contributed by atoms with Gasteiger partial charge in [-0.3, -0.25) is 0 Å². The Morgan fingerprint density at radius 3 is 2.77 bits per heavy atom. The highest BCUT2D eigenvalue weighted by Gasteiger charge is 2.27.